The smallest absolute Gasteiger partial charge is 0.214 e. The van der Waals surface area contributed by atoms with Gasteiger partial charge in [-0.2, -0.15) is 0 Å². The fourth-order valence-electron chi connectivity index (χ4n) is 1.35. The van der Waals surface area contributed by atoms with Gasteiger partial charge in [0, 0.05) is 6.92 Å². The Kier molecular flexibility index (Phi) is 16.2. The average Bonchev–Trinajstić information content (AvgIpc) is 2.40. The van der Waals surface area contributed by atoms with Crippen molar-refractivity contribution in [3.05, 3.63) is 29.8 Å². The summed E-state index contributed by atoms with van der Waals surface area (Å²) in [6.07, 6.45) is 7.01. The molecule has 116 valence electrons. The minimum atomic E-state index is -0.333. The zero-order chi connectivity index (χ0) is 15.8. The molecular formula is C17H31NO2. The van der Waals surface area contributed by atoms with E-state index in [0.717, 1.165) is 5.75 Å². The van der Waals surface area contributed by atoms with Gasteiger partial charge in [0.1, 0.15) is 5.75 Å². The van der Waals surface area contributed by atoms with Gasteiger partial charge in [-0.15, -0.1) is 0 Å². The summed E-state index contributed by atoms with van der Waals surface area (Å²) in [6.45, 7) is 7.85. The summed E-state index contributed by atoms with van der Waals surface area (Å²) in [5.41, 5.74) is 5.73. The molecule has 0 aliphatic carbocycles. The number of unbranched alkanes of at least 4 members (excludes halogenated alkanes) is 4. The van der Waals surface area contributed by atoms with Gasteiger partial charge in [0.05, 0.1) is 7.11 Å². The summed E-state index contributed by atoms with van der Waals surface area (Å²) in [6, 6.07) is 7.96. The molecule has 0 radical (unpaired) electrons. The van der Waals surface area contributed by atoms with Crippen LogP contribution in [0.2, 0.25) is 0 Å². The van der Waals surface area contributed by atoms with E-state index < -0.39 is 0 Å². The predicted molar refractivity (Wildman–Crippen MR) is 87.0 cm³/mol. The second-order valence-corrected chi connectivity index (χ2v) is 4.69. The first-order chi connectivity index (χ1) is 9.47. The van der Waals surface area contributed by atoms with E-state index in [1.807, 2.05) is 24.3 Å². The first-order valence-corrected chi connectivity index (χ1v) is 7.34. The van der Waals surface area contributed by atoms with Gasteiger partial charge in [-0.05, 0) is 19.1 Å². The van der Waals surface area contributed by atoms with Crippen LogP contribution < -0.4 is 10.5 Å². The van der Waals surface area contributed by atoms with Crippen LogP contribution in [-0.2, 0) is 4.79 Å². The number of hydrogen-bond acceptors (Lipinski definition) is 2. The number of rotatable bonds is 5. The molecule has 3 heteroatoms. The van der Waals surface area contributed by atoms with E-state index in [9.17, 15) is 4.79 Å². The molecule has 1 rings (SSSR count). The fraction of sp³-hybridized carbons (Fsp3) is 0.588. The summed E-state index contributed by atoms with van der Waals surface area (Å²) in [7, 11) is 1.67. The molecule has 0 spiro atoms. The Morgan fingerprint density at radius 3 is 1.75 bits per heavy atom. The average molecular weight is 281 g/mol. The van der Waals surface area contributed by atoms with Gasteiger partial charge in [-0.25, -0.2) is 0 Å². The van der Waals surface area contributed by atoms with Crippen LogP contribution in [0.5, 0.6) is 5.75 Å². The van der Waals surface area contributed by atoms with E-state index in [1.54, 1.807) is 7.11 Å². The Hall–Kier alpha value is -1.51. The van der Waals surface area contributed by atoms with Crippen LogP contribution in [0.3, 0.4) is 0 Å². The molecule has 0 saturated heterocycles. The SMILES string of the molecule is CC(N)=O.CCCCCCC.COc1ccc(C)cc1. The normalized spacial score (nSPS) is 8.65. The lowest BCUT2D eigenvalue weighted by molar-refractivity contribution is -0.115. The number of carbonyl (C=O) groups is 1. The van der Waals surface area contributed by atoms with E-state index in [0.29, 0.717) is 0 Å². The van der Waals surface area contributed by atoms with Crippen molar-refractivity contribution >= 4 is 5.91 Å². The van der Waals surface area contributed by atoms with Crippen molar-refractivity contribution in [3.63, 3.8) is 0 Å². The third-order valence-corrected chi connectivity index (χ3v) is 2.46. The highest BCUT2D eigenvalue weighted by atomic mass is 16.5. The molecule has 0 bridgehead atoms. The molecule has 0 saturated carbocycles. The first-order valence-electron chi connectivity index (χ1n) is 7.34. The maximum absolute atomic E-state index is 9.22. The van der Waals surface area contributed by atoms with Gasteiger partial charge in [0.15, 0.2) is 0 Å². The molecule has 0 aromatic heterocycles. The zero-order valence-electron chi connectivity index (χ0n) is 13.7. The van der Waals surface area contributed by atoms with Crippen LogP contribution in [0.1, 0.15) is 58.4 Å². The van der Waals surface area contributed by atoms with Gasteiger partial charge in [-0.3, -0.25) is 4.79 Å². The number of primary amides is 1. The Morgan fingerprint density at radius 2 is 1.45 bits per heavy atom. The van der Waals surface area contributed by atoms with Crippen molar-refractivity contribution in [1.82, 2.24) is 0 Å². The van der Waals surface area contributed by atoms with Gasteiger partial charge in [0.2, 0.25) is 5.91 Å². The van der Waals surface area contributed by atoms with Crippen molar-refractivity contribution in [2.24, 2.45) is 5.73 Å². The van der Waals surface area contributed by atoms with Gasteiger partial charge < -0.3 is 10.5 Å². The Morgan fingerprint density at radius 1 is 1.05 bits per heavy atom. The first kappa shape index (κ1) is 20.8. The molecule has 2 N–H and O–H groups in total. The largest absolute Gasteiger partial charge is 0.497 e. The molecule has 0 aliphatic rings. The minimum Gasteiger partial charge on any atom is -0.497 e. The molecule has 0 fully saturated rings. The lowest BCUT2D eigenvalue weighted by Crippen LogP contribution is -2.01. The lowest BCUT2D eigenvalue weighted by Gasteiger charge is -1.97. The van der Waals surface area contributed by atoms with E-state index in [1.165, 1.54) is 44.6 Å². The predicted octanol–water partition coefficient (Wildman–Crippen LogP) is 4.47. The molecule has 0 aliphatic heterocycles. The van der Waals surface area contributed by atoms with Crippen LogP contribution in [0, 0.1) is 6.92 Å². The molecular weight excluding hydrogens is 250 g/mol. The van der Waals surface area contributed by atoms with Crippen molar-refractivity contribution in [1.29, 1.82) is 0 Å². The van der Waals surface area contributed by atoms with Crippen LogP contribution >= 0.6 is 0 Å². The number of ether oxygens (including phenoxy) is 1. The number of nitrogens with two attached hydrogens (primary N) is 1. The number of methoxy groups -OCH3 is 1. The Balaban J connectivity index is 0. The Bertz CT molecular complexity index is 312. The number of hydrogen-bond donors (Lipinski definition) is 1. The summed E-state index contributed by atoms with van der Waals surface area (Å²) in [5, 5.41) is 0. The second-order valence-electron chi connectivity index (χ2n) is 4.69. The minimum absolute atomic E-state index is 0.333. The van der Waals surface area contributed by atoms with E-state index in [4.69, 9.17) is 4.74 Å². The quantitative estimate of drug-likeness (QED) is 0.809. The second kappa shape index (κ2) is 15.5. The van der Waals surface area contributed by atoms with Crippen molar-refractivity contribution in [2.75, 3.05) is 7.11 Å². The lowest BCUT2D eigenvalue weighted by atomic mass is 10.2. The number of carbonyl (C=O) groups excluding carboxylic acids is 1. The molecule has 20 heavy (non-hydrogen) atoms. The monoisotopic (exact) mass is 281 g/mol. The summed E-state index contributed by atoms with van der Waals surface area (Å²) >= 11 is 0. The third-order valence-electron chi connectivity index (χ3n) is 2.46. The molecule has 3 nitrogen and oxygen atoms in total. The molecule has 0 heterocycles. The summed E-state index contributed by atoms with van der Waals surface area (Å²) < 4.78 is 4.97. The van der Waals surface area contributed by atoms with Crippen LogP contribution in [0.25, 0.3) is 0 Å². The zero-order valence-corrected chi connectivity index (χ0v) is 13.7. The van der Waals surface area contributed by atoms with Crippen molar-refractivity contribution in [2.45, 2.75) is 59.8 Å². The molecule has 0 atom stereocenters. The number of amides is 1. The van der Waals surface area contributed by atoms with Gasteiger partial charge in [0.25, 0.3) is 0 Å². The topological polar surface area (TPSA) is 52.3 Å². The van der Waals surface area contributed by atoms with E-state index >= 15 is 0 Å². The molecule has 0 unspecified atom stereocenters. The van der Waals surface area contributed by atoms with Crippen LogP contribution in [-0.4, -0.2) is 13.0 Å². The summed E-state index contributed by atoms with van der Waals surface area (Å²) in [4.78, 5) is 9.22. The Labute approximate surface area is 124 Å². The van der Waals surface area contributed by atoms with Gasteiger partial charge in [-0.1, -0.05) is 63.6 Å². The highest BCUT2D eigenvalue weighted by Crippen LogP contribution is 2.09. The van der Waals surface area contributed by atoms with Gasteiger partial charge >= 0.3 is 0 Å². The standard InChI is InChI=1S/C8H10O.C7H16.C2H5NO/c1-7-3-5-8(9-2)6-4-7;1-3-5-7-6-4-2;1-2(3)4/h3-6H,1-2H3;3-7H2,1-2H3;1H3,(H2,3,4). The van der Waals surface area contributed by atoms with Crippen LogP contribution in [0.15, 0.2) is 24.3 Å². The highest BCUT2D eigenvalue weighted by molar-refractivity contribution is 5.70. The summed E-state index contributed by atoms with van der Waals surface area (Å²) in [5.74, 6) is 0.584. The maximum atomic E-state index is 9.22. The number of benzene rings is 1. The number of aryl methyl sites for hydroxylation is 1. The highest BCUT2D eigenvalue weighted by Gasteiger charge is 1.85. The molecule has 1 aromatic rings. The maximum Gasteiger partial charge on any atom is 0.214 e. The van der Waals surface area contributed by atoms with E-state index in [2.05, 4.69) is 26.5 Å². The van der Waals surface area contributed by atoms with Crippen molar-refractivity contribution < 1.29 is 9.53 Å². The van der Waals surface area contributed by atoms with Crippen LogP contribution in [0.4, 0.5) is 0 Å². The molecule has 1 amide bonds. The fourth-order valence-corrected chi connectivity index (χ4v) is 1.35. The molecule has 1 aromatic carbocycles. The third kappa shape index (κ3) is 18.8. The van der Waals surface area contributed by atoms with E-state index in [-0.39, 0.29) is 5.91 Å². The van der Waals surface area contributed by atoms with Crippen molar-refractivity contribution in [3.8, 4) is 5.75 Å².